The summed E-state index contributed by atoms with van der Waals surface area (Å²) in [7, 11) is 0. The van der Waals surface area contributed by atoms with Crippen LogP contribution in [0.5, 0.6) is 5.75 Å². The van der Waals surface area contributed by atoms with E-state index in [1.807, 2.05) is 6.21 Å². The summed E-state index contributed by atoms with van der Waals surface area (Å²) in [5, 5.41) is 4.23. The average molecular weight is 471 g/mol. The van der Waals surface area contributed by atoms with Crippen molar-refractivity contribution in [2.45, 2.75) is 57.7 Å². The Morgan fingerprint density at radius 3 is 2.62 bits per heavy atom. The van der Waals surface area contributed by atoms with E-state index in [1.54, 1.807) is 11.8 Å². The summed E-state index contributed by atoms with van der Waals surface area (Å²) in [5.41, 5.74) is 5.72. The van der Waals surface area contributed by atoms with Gasteiger partial charge in [0.1, 0.15) is 11.9 Å². The van der Waals surface area contributed by atoms with E-state index in [0.717, 1.165) is 29.0 Å². The third kappa shape index (κ3) is 4.41. The Morgan fingerprint density at radius 2 is 1.94 bits per heavy atom. The molecular formula is C24H28F2N6O2. The van der Waals surface area contributed by atoms with Gasteiger partial charge >= 0.3 is 0 Å². The molecule has 5 rings (SSSR count). The van der Waals surface area contributed by atoms with Gasteiger partial charge in [-0.3, -0.25) is 4.79 Å². The van der Waals surface area contributed by atoms with Crippen LogP contribution in [0.2, 0.25) is 0 Å². The van der Waals surface area contributed by atoms with Crippen molar-refractivity contribution in [1.82, 2.24) is 20.3 Å². The lowest BCUT2D eigenvalue weighted by Gasteiger charge is -2.36. The maximum absolute atomic E-state index is 14.0. The Bertz CT molecular complexity index is 1120. The van der Waals surface area contributed by atoms with Gasteiger partial charge in [0.2, 0.25) is 5.91 Å². The lowest BCUT2D eigenvalue weighted by Crippen LogP contribution is -2.41. The summed E-state index contributed by atoms with van der Waals surface area (Å²) < 4.78 is 33.0. The molecule has 1 aromatic heterocycles. The lowest BCUT2D eigenvalue weighted by atomic mass is 9.97. The lowest BCUT2D eigenvalue weighted by molar-refractivity contribution is -0.129. The van der Waals surface area contributed by atoms with Crippen LogP contribution in [0.25, 0.3) is 0 Å². The van der Waals surface area contributed by atoms with E-state index in [2.05, 4.69) is 22.4 Å². The molecule has 2 aromatic rings. The third-order valence-electron chi connectivity index (χ3n) is 6.76. The molecule has 1 N–H and O–H groups in total. The van der Waals surface area contributed by atoms with Crippen molar-refractivity contribution >= 4 is 17.9 Å². The number of ether oxygens (including phenoxy) is 1. The molecule has 0 bridgehead atoms. The predicted molar refractivity (Wildman–Crippen MR) is 123 cm³/mol. The molecule has 0 saturated carbocycles. The molecule has 2 atom stereocenters. The normalized spacial score (nSPS) is 22.5. The van der Waals surface area contributed by atoms with Crippen LogP contribution in [0.3, 0.4) is 0 Å². The molecule has 3 aliphatic heterocycles. The highest BCUT2D eigenvalue weighted by atomic mass is 19.1. The van der Waals surface area contributed by atoms with Crippen molar-refractivity contribution in [2.75, 3.05) is 24.5 Å². The summed E-state index contributed by atoms with van der Waals surface area (Å²) >= 11 is 0. The number of hydrazone groups is 1. The molecule has 0 aliphatic carbocycles. The first-order chi connectivity index (χ1) is 16.4. The van der Waals surface area contributed by atoms with Crippen molar-refractivity contribution in [3.63, 3.8) is 0 Å². The molecule has 2 unspecified atom stereocenters. The number of hydrogen-bond donors (Lipinski definition) is 1. The molecule has 4 heterocycles. The van der Waals surface area contributed by atoms with Crippen LogP contribution in [0.1, 0.15) is 49.7 Å². The van der Waals surface area contributed by atoms with E-state index in [4.69, 9.17) is 14.7 Å². The van der Waals surface area contributed by atoms with Crippen LogP contribution in [0.15, 0.2) is 23.3 Å². The highest BCUT2D eigenvalue weighted by molar-refractivity contribution is 5.74. The fourth-order valence-corrected chi connectivity index (χ4v) is 4.76. The molecule has 0 radical (unpaired) electrons. The zero-order valence-corrected chi connectivity index (χ0v) is 19.3. The number of piperidine rings is 1. The number of benzene rings is 1. The number of halogens is 2. The number of carbonyl (C=O) groups excluding carboxylic acids is 1. The van der Waals surface area contributed by atoms with Gasteiger partial charge in [-0.15, -0.1) is 0 Å². The highest BCUT2D eigenvalue weighted by Gasteiger charge is 2.33. The van der Waals surface area contributed by atoms with E-state index in [1.165, 1.54) is 12.1 Å². The Morgan fingerprint density at radius 1 is 1.15 bits per heavy atom. The second-order valence-corrected chi connectivity index (χ2v) is 9.12. The second-order valence-electron chi connectivity index (χ2n) is 9.12. The minimum atomic E-state index is -0.688. The summed E-state index contributed by atoms with van der Waals surface area (Å²) in [4.78, 5) is 26.0. The number of carbonyl (C=O) groups is 1. The van der Waals surface area contributed by atoms with Crippen molar-refractivity contribution in [1.29, 1.82) is 0 Å². The van der Waals surface area contributed by atoms with Crippen LogP contribution < -0.4 is 15.1 Å². The van der Waals surface area contributed by atoms with Crippen LogP contribution in [0, 0.1) is 11.6 Å². The maximum Gasteiger partial charge on any atom is 0.219 e. The van der Waals surface area contributed by atoms with Gasteiger partial charge in [0.05, 0.1) is 35.6 Å². The van der Waals surface area contributed by atoms with Crippen LogP contribution in [0.4, 0.5) is 14.6 Å². The van der Waals surface area contributed by atoms with Crippen molar-refractivity contribution < 1.29 is 18.3 Å². The van der Waals surface area contributed by atoms with Gasteiger partial charge < -0.3 is 20.0 Å². The van der Waals surface area contributed by atoms with Crippen molar-refractivity contribution in [2.24, 2.45) is 5.10 Å². The van der Waals surface area contributed by atoms with Gasteiger partial charge in [-0.2, -0.15) is 5.10 Å². The maximum atomic E-state index is 14.0. The van der Waals surface area contributed by atoms with E-state index < -0.39 is 11.6 Å². The second kappa shape index (κ2) is 9.15. The summed E-state index contributed by atoms with van der Waals surface area (Å²) in [6.07, 6.45) is 3.73. The number of nitrogens with zero attached hydrogens (tertiary/aromatic N) is 5. The first-order valence-corrected chi connectivity index (χ1v) is 11.7. The van der Waals surface area contributed by atoms with Crippen LogP contribution in [-0.4, -0.2) is 58.8 Å². The summed E-state index contributed by atoms with van der Waals surface area (Å²) in [6.45, 7) is 6.10. The third-order valence-corrected chi connectivity index (χ3v) is 6.76. The molecule has 1 amide bonds. The number of amides is 1. The fraction of sp³-hybridized carbons (Fsp3) is 0.500. The zero-order chi connectivity index (χ0) is 23.8. The molecule has 3 aliphatic rings. The number of rotatable bonds is 4. The average Bonchev–Trinajstić information content (AvgIpc) is 3.25. The monoisotopic (exact) mass is 470 g/mol. The minimum absolute atomic E-state index is 0.0252. The quantitative estimate of drug-likeness (QED) is 0.740. The van der Waals surface area contributed by atoms with Crippen LogP contribution >= 0.6 is 0 Å². The first kappa shape index (κ1) is 22.5. The molecule has 1 aromatic carbocycles. The number of hydrogen-bond acceptors (Lipinski definition) is 7. The van der Waals surface area contributed by atoms with E-state index in [9.17, 15) is 13.6 Å². The molecular weight excluding hydrogens is 442 g/mol. The molecule has 8 nitrogen and oxygen atoms in total. The summed E-state index contributed by atoms with van der Waals surface area (Å²) in [5.74, 6) is -0.381. The zero-order valence-electron chi connectivity index (χ0n) is 19.3. The Balaban J connectivity index is 1.37. The highest BCUT2D eigenvalue weighted by Crippen LogP contribution is 2.33. The Kier molecular flexibility index (Phi) is 6.05. The van der Waals surface area contributed by atoms with Gasteiger partial charge in [0.25, 0.3) is 0 Å². The molecule has 0 spiro atoms. The van der Waals surface area contributed by atoms with Crippen LogP contribution in [-0.2, 0) is 17.8 Å². The Labute approximate surface area is 197 Å². The Hall–Kier alpha value is -3.30. The first-order valence-electron chi connectivity index (χ1n) is 11.7. The molecule has 34 heavy (non-hydrogen) atoms. The molecule has 180 valence electrons. The minimum Gasteiger partial charge on any atom is -0.487 e. The van der Waals surface area contributed by atoms with Gasteiger partial charge in [0.15, 0.2) is 17.4 Å². The van der Waals surface area contributed by atoms with Gasteiger partial charge in [-0.25, -0.2) is 18.7 Å². The van der Waals surface area contributed by atoms with Gasteiger partial charge in [0, 0.05) is 58.1 Å². The smallest absolute Gasteiger partial charge is 0.219 e. The summed E-state index contributed by atoms with van der Waals surface area (Å²) in [6, 6.07) is 3.46. The largest absolute Gasteiger partial charge is 0.487 e. The SMILES string of the molecule is CC(=O)N1CCc2nc(N3CCC(Oc4ccc(F)cc4F)CC3)c(C3C=NNC3C)nc2C1. The van der Waals surface area contributed by atoms with Crippen molar-refractivity contribution in [3.05, 3.63) is 46.9 Å². The number of fused-ring (bicyclic) bond motifs is 1. The van der Waals surface area contributed by atoms with E-state index in [0.29, 0.717) is 45.4 Å². The number of aromatic nitrogens is 2. The van der Waals surface area contributed by atoms with Gasteiger partial charge in [-0.05, 0) is 19.1 Å². The standard InChI is InChI=1S/C24H28F2N6O2/c1-14-18(12-27-30-14)23-24(29-20-7-10-32(15(2)33)13-21(20)28-23)31-8-5-17(6-9-31)34-22-4-3-16(25)11-19(22)26/h3-4,11-12,14,17-18,30H,5-10,13H2,1-2H3. The number of anilines is 1. The van der Waals surface area contributed by atoms with Crippen molar-refractivity contribution in [3.8, 4) is 5.75 Å². The molecule has 1 saturated heterocycles. The predicted octanol–water partition coefficient (Wildman–Crippen LogP) is 2.77. The number of nitrogens with one attached hydrogen (secondary N) is 1. The molecule has 1 fully saturated rings. The van der Waals surface area contributed by atoms with E-state index >= 15 is 0 Å². The fourth-order valence-electron chi connectivity index (χ4n) is 4.76. The van der Waals surface area contributed by atoms with Gasteiger partial charge in [-0.1, -0.05) is 0 Å². The topological polar surface area (TPSA) is 83.0 Å². The van der Waals surface area contributed by atoms with E-state index in [-0.39, 0.29) is 29.7 Å². The molecule has 10 heteroatoms.